The van der Waals surface area contributed by atoms with E-state index in [1.165, 1.54) is 0 Å². The first kappa shape index (κ1) is 14.9. The van der Waals surface area contributed by atoms with Crippen molar-refractivity contribution < 1.29 is 13.7 Å². The molecule has 0 bridgehead atoms. The van der Waals surface area contributed by atoms with E-state index >= 15 is 0 Å². The third-order valence-electron chi connectivity index (χ3n) is 2.94. The quantitative estimate of drug-likeness (QED) is 0.612. The van der Waals surface area contributed by atoms with E-state index in [4.69, 9.17) is 9.11 Å². The predicted octanol–water partition coefficient (Wildman–Crippen LogP) is 1.29. The zero-order chi connectivity index (χ0) is 11.5. The van der Waals surface area contributed by atoms with Gasteiger partial charge in [0.2, 0.25) is 6.87 Å². The first-order chi connectivity index (χ1) is 6.25. The molecule has 84 valence electrons. The third kappa shape index (κ3) is 3.19. The Morgan fingerprint density at radius 2 is 1.29 bits per heavy atom. The number of rotatable bonds is 5. The normalized spacial score (nSPS) is 14.3. The Balaban J connectivity index is 5.05. The third-order valence-corrected chi connectivity index (χ3v) is 65.3. The second-order valence-corrected chi connectivity index (χ2v) is 39.0. The molecule has 0 aliphatic rings. The zero-order valence-corrected chi connectivity index (χ0v) is 15.3. The van der Waals surface area contributed by atoms with E-state index in [-0.39, 0.29) is 0 Å². The van der Waals surface area contributed by atoms with Crippen LogP contribution in [0.15, 0.2) is 0 Å². The lowest BCUT2D eigenvalue weighted by molar-refractivity contribution is 0.418. The maximum absolute atomic E-state index is 11.0. The van der Waals surface area contributed by atoms with E-state index < -0.39 is 40.1 Å². The molecular formula is C6H22O3PSi4+. The van der Waals surface area contributed by atoms with Crippen molar-refractivity contribution in [1.82, 2.24) is 0 Å². The number of hydrogen-bond donors (Lipinski definition) is 1. The minimum absolute atomic E-state index is 0.897. The van der Waals surface area contributed by atoms with Gasteiger partial charge in [-0.3, -0.25) is 0 Å². The van der Waals surface area contributed by atoms with E-state index in [0.29, 0.717) is 0 Å². The molecule has 0 aliphatic carbocycles. The summed E-state index contributed by atoms with van der Waals surface area (Å²) in [6.45, 7) is 12.1. The Morgan fingerprint density at radius 1 is 1.00 bits per heavy atom. The summed E-state index contributed by atoms with van der Waals surface area (Å²) in [6.07, 6.45) is 0. The van der Waals surface area contributed by atoms with Gasteiger partial charge in [0.05, 0.1) is 24.9 Å². The van der Waals surface area contributed by atoms with Crippen molar-refractivity contribution in [1.29, 1.82) is 0 Å². The topological polar surface area (TPSA) is 46.5 Å². The van der Waals surface area contributed by atoms with Gasteiger partial charge >= 0.3 is 8.25 Å². The van der Waals surface area contributed by atoms with Gasteiger partial charge in [0.15, 0.2) is 0 Å². The Kier molecular flexibility index (Phi) is 6.20. The summed E-state index contributed by atoms with van der Waals surface area (Å²) >= 11 is 0. The molecule has 0 aromatic rings. The zero-order valence-electron chi connectivity index (χ0n) is 9.94. The van der Waals surface area contributed by atoms with Crippen molar-refractivity contribution in [2.24, 2.45) is 0 Å². The molecule has 0 spiro atoms. The molecule has 0 saturated heterocycles. The minimum Gasteiger partial charge on any atom is -0.187 e. The van der Waals surface area contributed by atoms with Gasteiger partial charge < -0.3 is 0 Å². The fourth-order valence-electron chi connectivity index (χ4n) is 2.45. The molecule has 1 N–H and O–H groups in total. The van der Waals surface area contributed by atoms with Crippen LogP contribution in [0.3, 0.4) is 0 Å². The van der Waals surface area contributed by atoms with Gasteiger partial charge in [0, 0.05) is 4.57 Å². The average molecular weight is 286 g/mol. The first-order valence-electron chi connectivity index (χ1n) is 5.10. The lowest BCUT2D eigenvalue weighted by Gasteiger charge is -2.34. The fraction of sp³-hybridized carbons (Fsp3) is 1.00. The van der Waals surface area contributed by atoms with Gasteiger partial charge in [-0.2, -0.15) is 4.21 Å². The Bertz CT molecular complexity index is 187. The van der Waals surface area contributed by atoms with Crippen molar-refractivity contribution in [2.45, 2.75) is 39.3 Å². The molecule has 0 heterocycles. The monoisotopic (exact) mass is 285 g/mol. The van der Waals surface area contributed by atoms with Crippen molar-refractivity contribution in [3.63, 3.8) is 0 Å². The summed E-state index contributed by atoms with van der Waals surface area (Å²) in [5.41, 5.74) is 0. The second-order valence-electron chi connectivity index (χ2n) is 4.65. The van der Waals surface area contributed by atoms with Crippen molar-refractivity contribution in [3.8, 4) is 0 Å². The van der Waals surface area contributed by atoms with Gasteiger partial charge in [0.25, 0.3) is 0 Å². The lowest BCUT2D eigenvalue weighted by Crippen LogP contribution is -2.68. The Morgan fingerprint density at radius 3 is 1.36 bits per heavy atom. The molecule has 0 aliphatic heterocycles. The molecule has 1 unspecified atom stereocenters. The summed E-state index contributed by atoms with van der Waals surface area (Å²) in [7, 11) is -5.06. The maximum Gasteiger partial charge on any atom is 0.681 e. The van der Waals surface area contributed by atoms with E-state index in [1.54, 1.807) is 0 Å². The van der Waals surface area contributed by atoms with E-state index in [0.717, 1.165) is 0 Å². The van der Waals surface area contributed by atoms with Gasteiger partial charge in [-0.15, -0.1) is 4.89 Å². The Hall–Kier alpha value is 0.888. The molecule has 0 fully saturated rings. The van der Waals surface area contributed by atoms with Crippen LogP contribution >= 0.6 is 8.25 Å². The lowest BCUT2D eigenvalue weighted by atomic mass is 11.9. The smallest absolute Gasteiger partial charge is 0.187 e. The van der Waals surface area contributed by atoms with Gasteiger partial charge in [0.1, 0.15) is 0 Å². The Labute approximate surface area is 93.2 Å². The summed E-state index contributed by atoms with van der Waals surface area (Å²) in [6, 6.07) is 0. The maximum atomic E-state index is 11.0. The minimum atomic E-state index is -2.37. The van der Waals surface area contributed by atoms with Crippen molar-refractivity contribution in [3.05, 3.63) is 0 Å². The molecule has 0 radical (unpaired) electrons. The molecule has 0 rings (SSSR count). The van der Waals surface area contributed by atoms with E-state index in [1.807, 2.05) is 0 Å². The fourth-order valence-corrected chi connectivity index (χ4v) is 66.2. The SMILES string of the molecule is C[SiH](C)[Si](O[P+](=O)O)([SiH](C)C)[SiH](C)C. The molecule has 14 heavy (non-hydrogen) atoms. The molecule has 0 aromatic carbocycles. The van der Waals surface area contributed by atoms with Crippen molar-refractivity contribution >= 4 is 40.1 Å². The van der Waals surface area contributed by atoms with Crippen LogP contribution in [0.4, 0.5) is 0 Å². The summed E-state index contributed by atoms with van der Waals surface area (Å²) < 4.78 is 16.6. The largest absolute Gasteiger partial charge is 0.681 e. The molecule has 1 atom stereocenters. The van der Waals surface area contributed by atoms with Crippen LogP contribution in [0.2, 0.25) is 39.3 Å². The van der Waals surface area contributed by atoms with Crippen LogP contribution in [0.25, 0.3) is 0 Å². The average Bonchev–Trinajstić information content (AvgIpc) is 1.97. The summed E-state index contributed by atoms with van der Waals surface area (Å²) in [4.78, 5) is 9.02. The van der Waals surface area contributed by atoms with Crippen molar-refractivity contribution in [2.75, 3.05) is 0 Å². The van der Waals surface area contributed by atoms with Crippen LogP contribution in [0.1, 0.15) is 0 Å². The highest BCUT2D eigenvalue weighted by molar-refractivity contribution is 7.79. The predicted molar refractivity (Wildman–Crippen MR) is 73.3 cm³/mol. The van der Waals surface area contributed by atoms with E-state index in [2.05, 4.69) is 39.3 Å². The highest BCUT2D eigenvalue weighted by atomic mass is 31.1. The van der Waals surface area contributed by atoms with Gasteiger partial charge in [-0.25, -0.2) is 0 Å². The molecule has 0 amide bonds. The standard InChI is InChI=1S/C6H21O3PSi4/c1-11(2)14(12(3)4,13(5)6)9-10(7)8/h11-13H,1-6H3/p+1. The molecular weight excluding hydrogens is 263 g/mol. The van der Waals surface area contributed by atoms with E-state index in [9.17, 15) is 4.57 Å². The molecule has 8 heteroatoms. The summed E-state index contributed by atoms with van der Waals surface area (Å²) in [5, 5.41) is 0. The van der Waals surface area contributed by atoms with Gasteiger partial charge in [-0.05, 0) is 0 Å². The van der Waals surface area contributed by atoms with Crippen LogP contribution in [0, 0.1) is 0 Å². The highest BCUT2D eigenvalue weighted by Crippen LogP contribution is 2.29. The molecule has 3 nitrogen and oxygen atoms in total. The number of hydrogen-bond acceptors (Lipinski definition) is 2. The van der Waals surface area contributed by atoms with Crippen LogP contribution in [0.5, 0.6) is 0 Å². The van der Waals surface area contributed by atoms with Crippen LogP contribution in [-0.4, -0.2) is 36.7 Å². The molecule has 0 aromatic heterocycles. The molecule has 0 saturated carbocycles. The van der Waals surface area contributed by atoms with Crippen LogP contribution < -0.4 is 0 Å². The van der Waals surface area contributed by atoms with Gasteiger partial charge in [-0.1, -0.05) is 39.3 Å². The second kappa shape index (κ2) is 5.83. The van der Waals surface area contributed by atoms with Crippen LogP contribution in [-0.2, 0) is 8.78 Å². The first-order valence-corrected chi connectivity index (χ1v) is 20.5. The summed E-state index contributed by atoms with van der Waals surface area (Å²) in [5.74, 6) is 0. The highest BCUT2D eigenvalue weighted by Gasteiger charge is 2.53.